The van der Waals surface area contributed by atoms with E-state index in [-0.39, 0.29) is 18.3 Å². The van der Waals surface area contributed by atoms with Gasteiger partial charge in [0.1, 0.15) is 28.9 Å². The molecule has 0 saturated carbocycles. The van der Waals surface area contributed by atoms with Gasteiger partial charge in [0, 0.05) is 16.6 Å². The van der Waals surface area contributed by atoms with Crippen molar-refractivity contribution in [3.8, 4) is 16.3 Å². The third-order valence-electron chi connectivity index (χ3n) is 4.14. The zero-order chi connectivity index (χ0) is 20.1. The monoisotopic (exact) mass is 404 g/mol. The Hall–Kier alpha value is -3.51. The highest BCUT2D eigenvalue weighted by molar-refractivity contribution is 7.13. The molecule has 0 atom stereocenters. The van der Waals surface area contributed by atoms with Gasteiger partial charge in [-0.1, -0.05) is 42.5 Å². The van der Waals surface area contributed by atoms with Crippen molar-refractivity contribution in [2.24, 2.45) is 0 Å². The van der Waals surface area contributed by atoms with E-state index in [1.165, 1.54) is 23.5 Å². The number of hydrogen-bond donors (Lipinski definition) is 1. The van der Waals surface area contributed by atoms with Gasteiger partial charge < -0.3 is 10.1 Å². The number of benzene rings is 3. The molecular weight excluding hydrogens is 387 g/mol. The first-order valence-corrected chi connectivity index (χ1v) is 9.85. The molecule has 29 heavy (non-hydrogen) atoms. The number of halogens is 1. The summed E-state index contributed by atoms with van der Waals surface area (Å²) >= 11 is 1.39. The van der Waals surface area contributed by atoms with E-state index < -0.39 is 0 Å². The molecule has 0 spiro atoms. The van der Waals surface area contributed by atoms with Crippen molar-refractivity contribution in [2.45, 2.75) is 6.61 Å². The number of ether oxygens (including phenoxy) is 1. The number of anilines is 1. The molecule has 1 heterocycles. The van der Waals surface area contributed by atoms with Crippen molar-refractivity contribution >= 4 is 22.9 Å². The number of aromatic nitrogens is 1. The first-order valence-electron chi connectivity index (χ1n) is 8.97. The SMILES string of the molecule is O=C(Nc1ccccc1)c1csc(-c2cccc(OCc3cccc(F)c3)c2)n1. The van der Waals surface area contributed by atoms with Crippen LogP contribution in [0.25, 0.3) is 10.6 Å². The maximum absolute atomic E-state index is 13.3. The normalized spacial score (nSPS) is 10.5. The van der Waals surface area contributed by atoms with E-state index in [9.17, 15) is 9.18 Å². The molecule has 1 amide bonds. The summed E-state index contributed by atoms with van der Waals surface area (Å²) in [6.45, 7) is 0.268. The molecule has 0 aliphatic rings. The summed E-state index contributed by atoms with van der Waals surface area (Å²) in [5.74, 6) is 0.110. The van der Waals surface area contributed by atoms with Crippen LogP contribution in [0, 0.1) is 5.82 Å². The molecule has 144 valence electrons. The molecule has 0 aliphatic heterocycles. The van der Waals surface area contributed by atoms with Gasteiger partial charge in [-0.25, -0.2) is 9.37 Å². The molecule has 0 saturated heterocycles. The second-order valence-corrected chi connectivity index (χ2v) is 7.16. The number of hydrogen-bond acceptors (Lipinski definition) is 4. The maximum Gasteiger partial charge on any atom is 0.275 e. The molecule has 3 aromatic carbocycles. The van der Waals surface area contributed by atoms with Crippen LogP contribution in [-0.4, -0.2) is 10.9 Å². The summed E-state index contributed by atoms with van der Waals surface area (Å²) in [7, 11) is 0. The summed E-state index contributed by atoms with van der Waals surface area (Å²) in [6, 6.07) is 23.0. The Balaban J connectivity index is 1.45. The number of thiazole rings is 1. The molecule has 0 radical (unpaired) electrons. The molecular formula is C23H17FN2O2S. The van der Waals surface area contributed by atoms with Crippen molar-refractivity contribution in [2.75, 3.05) is 5.32 Å². The van der Waals surface area contributed by atoms with Crippen LogP contribution < -0.4 is 10.1 Å². The fraction of sp³-hybridized carbons (Fsp3) is 0.0435. The third kappa shape index (κ3) is 4.86. The highest BCUT2D eigenvalue weighted by atomic mass is 32.1. The molecule has 0 bridgehead atoms. The third-order valence-corrected chi connectivity index (χ3v) is 5.04. The van der Waals surface area contributed by atoms with E-state index in [0.29, 0.717) is 11.4 Å². The topological polar surface area (TPSA) is 51.2 Å². The zero-order valence-electron chi connectivity index (χ0n) is 15.3. The predicted octanol–water partition coefficient (Wildman–Crippen LogP) is 5.78. The van der Waals surface area contributed by atoms with Crippen LogP contribution in [0.4, 0.5) is 10.1 Å². The standard InChI is InChI=1S/C23H17FN2O2S/c24-18-8-4-6-16(12-18)14-28-20-11-5-7-17(13-20)23-26-21(15-29-23)22(27)25-19-9-2-1-3-10-19/h1-13,15H,14H2,(H,25,27). The molecule has 6 heteroatoms. The molecule has 4 aromatic rings. The minimum Gasteiger partial charge on any atom is -0.489 e. The van der Waals surface area contributed by atoms with Gasteiger partial charge in [0.25, 0.3) is 5.91 Å². The Morgan fingerprint density at radius 1 is 1.00 bits per heavy atom. The van der Waals surface area contributed by atoms with Crippen LogP contribution in [0.15, 0.2) is 84.2 Å². The fourth-order valence-corrected chi connectivity index (χ4v) is 3.54. The molecule has 1 N–H and O–H groups in total. The highest BCUT2D eigenvalue weighted by Gasteiger charge is 2.12. The Morgan fingerprint density at radius 3 is 2.66 bits per heavy atom. The van der Waals surface area contributed by atoms with Gasteiger partial charge in [0.05, 0.1) is 0 Å². The lowest BCUT2D eigenvalue weighted by Crippen LogP contribution is -2.12. The molecule has 4 nitrogen and oxygen atoms in total. The van der Waals surface area contributed by atoms with E-state index in [1.54, 1.807) is 11.4 Å². The van der Waals surface area contributed by atoms with Gasteiger partial charge in [0.15, 0.2) is 0 Å². The van der Waals surface area contributed by atoms with Gasteiger partial charge in [-0.3, -0.25) is 4.79 Å². The van der Waals surface area contributed by atoms with E-state index >= 15 is 0 Å². The highest BCUT2D eigenvalue weighted by Crippen LogP contribution is 2.27. The Morgan fingerprint density at radius 2 is 1.83 bits per heavy atom. The lowest BCUT2D eigenvalue weighted by Gasteiger charge is -2.07. The van der Waals surface area contributed by atoms with Crippen molar-refractivity contribution in [3.63, 3.8) is 0 Å². The van der Waals surface area contributed by atoms with Gasteiger partial charge >= 0.3 is 0 Å². The van der Waals surface area contributed by atoms with Crippen LogP contribution >= 0.6 is 11.3 Å². The van der Waals surface area contributed by atoms with Crippen molar-refractivity contribution in [1.82, 2.24) is 4.98 Å². The number of rotatable bonds is 6. The Kier molecular flexibility index (Phi) is 5.63. The summed E-state index contributed by atoms with van der Waals surface area (Å²) in [5.41, 5.74) is 2.69. The maximum atomic E-state index is 13.3. The lowest BCUT2D eigenvalue weighted by atomic mass is 10.2. The minimum absolute atomic E-state index is 0.253. The molecule has 0 fully saturated rings. The van der Waals surface area contributed by atoms with Crippen molar-refractivity contribution < 1.29 is 13.9 Å². The first-order chi connectivity index (χ1) is 14.2. The quantitative estimate of drug-likeness (QED) is 0.443. The van der Waals surface area contributed by atoms with Crippen molar-refractivity contribution in [3.05, 3.63) is 101 Å². The van der Waals surface area contributed by atoms with Crippen molar-refractivity contribution in [1.29, 1.82) is 0 Å². The fourth-order valence-electron chi connectivity index (χ4n) is 2.74. The summed E-state index contributed by atoms with van der Waals surface area (Å²) in [5, 5.41) is 5.28. The number of nitrogens with one attached hydrogen (secondary N) is 1. The van der Waals surface area contributed by atoms with Gasteiger partial charge in [-0.05, 0) is 42.0 Å². The lowest BCUT2D eigenvalue weighted by molar-refractivity contribution is 0.102. The van der Waals surface area contributed by atoms with Crippen LogP contribution in [0.1, 0.15) is 16.1 Å². The molecule has 0 aliphatic carbocycles. The first kappa shape index (κ1) is 18.8. The van der Waals surface area contributed by atoms with Crippen LogP contribution in [0.5, 0.6) is 5.75 Å². The molecule has 4 rings (SSSR count). The summed E-state index contributed by atoms with van der Waals surface area (Å²) in [6.07, 6.45) is 0. The minimum atomic E-state index is -0.288. The average Bonchev–Trinajstić information content (AvgIpc) is 3.24. The van der Waals surface area contributed by atoms with Gasteiger partial charge in [0.2, 0.25) is 0 Å². The van der Waals surface area contributed by atoms with E-state index in [1.807, 2.05) is 60.7 Å². The van der Waals surface area contributed by atoms with Gasteiger partial charge in [-0.2, -0.15) is 0 Å². The second-order valence-electron chi connectivity index (χ2n) is 6.30. The second kappa shape index (κ2) is 8.67. The number of carbonyl (C=O) groups is 1. The largest absolute Gasteiger partial charge is 0.489 e. The average molecular weight is 404 g/mol. The van der Waals surface area contributed by atoms with E-state index in [2.05, 4.69) is 10.3 Å². The number of nitrogens with zero attached hydrogens (tertiary/aromatic N) is 1. The van der Waals surface area contributed by atoms with Crippen LogP contribution in [-0.2, 0) is 6.61 Å². The zero-order valence-corrected chi connectivity index (χ0v) is 16.2. The van der Waals surface area contributed by atoms with E-state index in [4.69, 9.17) is 4.74 Å². The Bertz CT molecular complexity index is 1130. The summed E-state index contributed by atoms with van der Waals surface area (Å²) < 4.78 is 19.1. The summed E-state index contributed by atoms with van der Waals surface area (Å²) in [4.78, 5) is 16.8. The predicted molar refractivity (Wildman–Crippen MR) is 113 cm³/mol. The number of carbonyl (C=O) groups excluding carboxylic acids is 1. The Labute approximate surface area is 171 Å². The van der Waals surface area contributed by atoms with E-state index in [0.717, 1.165) is 21.8 Å². The van der Waals surface area contributed by atoms with Gasteiger partial charge in [-0.15, -0.1) is 11.3 Å². The smallest absolute Gasteiger partial charge is 0.275 e. The van der Waals surface area contributed by atoms with Crippen LogP contribution in [0.3, 0.4) is 0 Å². The molecule has 1 aromatic heterocycles. The number of amides is 1. The molecule has 0 unspecified atom stereocenters. The van der Waals surface area contributed by atoms with Crippen LogP contribution in [0.2, 0.25) is 0 Å². The number of para-hydroxylation sites is 1.